The molecule has 1 saturated heterocycles. The van der Waals surface area contributed by atoms with E-state index >= 15 is 0 Å². The van der Waals surface area contributed by atoms with E-state index in [2.05, 4.69) is 5.32 Å². The first kappa shape index (κ1) is 15.3. The molecule has 0 aromatic carbocycles. The van der Waals surface area contributed by atoms with Gasteiger partial charge in [0.1, 0.15) is 0 Å². The number of hydrogen-bond donors (Lipinski definition) is 1. The van der Waals surface area contributed by atoms with Crippen molar-refractivity contribution in [3.8, 4) is 0 Å². The van der Waals surface area contributed by atoms with E-state index in [1.54, 1.807) is 0 Å². The molecular weight excluding hydrogens is 242 g/mol. The second kappa shape index (κ2) is 7.63. The van der Waals surface area contributed by atoms with E-state index in [1.807, 2.05) is 6.92 Å². The van der Waals surface area contributed by atoms with Gasteiger partial charge in [0.05, 0.1) is 13.2 Å². The molecule has 0 radical (unpaired) electrons. The molecule has 1 fully saturated rings. The number of rotatable bonds is 6. The van der Waals surface area contributed by atoms with Gasteiger partial charge in [-0.1, -0.05) is 0 Å². The number of halogens is 2. The van der Waals surface area contributed by atoms with Gasteiger partial charge < -0.3 is 15.0 Å². The summed E-state index contributed by atoms with van der Waals surface area (Å²) in [5.41, 5.74) is 0. The van der Waals surface area contributed by atoms with E-state index in [-0.39, 0.29) is 24.4 Å². The van der Waals surface area contributed by atoms with Gasteiger partial charge in [0.25, 0.3) is 6.43 Å². The van der Waals surface area contributed by atoms with Crippen molar-refractivity contribution in [3.05, 3.63) is 0 Å². The van der Waals surface area contributed by atoms with Crippen LogP contribution in [0.15, 0.2) is 0 Å². The summed E-state index contributed by atoms with van der Waals surface area (Å²) in [4.78, 5) is 13.4. The van der Waals surface area contributed by atoms with E-state index in [9.17, 15) is 13.6 Å². The third-order valence-electron chi connectivity index (χ3n) is 3.21. The lowest BCUT2D eigenvalue weighted by Gasteiger charge is -2.32. The first-order valence-corrected chi connectivity index (χ1v) is 6.33. The smallest absolute Gasteiger partial charge is 0.255 e. The van der Waals surface area contributed by atoms with E-state index in [0.29, 0.717) is 13.0 Å². The second-order valence-corrected chi connectivity index (χ2v) is 4.74. The zero-order chi connectivity index (χ0) is 13.5. The Morgan fingerprint density at radius 3 is 2.83 bits per heavy atom. The molecule has 0 saturated carbocycles. The summed E-state index contributed by atoms with van der Waals surface area (Å²) in [5, 5.41) is 3.25. The summed E-state index contributed by atoms with van der Waals surface area (Å²) in [6.07, 6.45) is -1.06. The Kier molecular flexibility index (Phi) is 6.49. The maximum Gasteiger partial charge on any atom is 0.255 e. The van der Waals surface area contributed by atoms with Gasteiger partial charge in [-0.3, -0.25) is 4.79 Å². The summed E-state index contributed by atoms with van der Waals surface area (Å²) < 4.78 is 29.8. The Bertz CT molecular complexity index is 264. The highest BCUT2D eigenvalue weighted by Gasteiger charge is 2.29. The number of nitrogens with one attached hydrogen (secondary N) is 1. The molecule has 18 heavy (non-hydrogen) atoms. The number of piperidine rings is 1. The molecule has 106 valence electrons. The summed E-state index contributed by atoms with van der Waals surface area (Å²) in [6, 6.07) is 0.267. The minimum atomic E-state index is -2.50. The Hall–Kier alpha value is -0.750. The normalized spacial score (nSPS) is 24.3. The molecule has 1 aliphatic rings. The lowest BCUT2D eigenvalue weighted by atomic mass is 9.92. The van der Waals surface area contributed by atoms with E-state index in [0.717, 1.165) is 13.0 Å². The van der Waals surface area contributed by atoms with Crippen LogP contribution in [-0.2, 0) is 9.53 Å². The minimum Gasteiger partial charge on any atom is -0.383 e. The maximum absolute atomic E-state index is 12.5. The third-order valence-corrected chi connectivity index (χ3v) is 3.21. The van der Waals surface area contributed by atoms with E-state index in [4.69, 9.17) is 4.74 Å². The summed E-state index contributed by atoms with van der Waals surface area (Å²) >= 11 is 0. The molecule has 0 aromatic rings. The van der Waals surface area contributed by atoms with Crippen LogP contribution in [0.2, 0.25) is 0 Å². The lowest BCUT2D eigenvalue weighted by molar-refractivity contribution is -0.139. The van der Waals surface area contributed by atoms with Gasteiger partial charge in [-0.15, -0.1) is 0 Å². The van der Waals surface area contributed by atoms with Crippen molar-refractivity contribution in [2.24, 2.45) is 5.92 Å². The van der Waals surface area contributed by atoms with Crippen molar-refractivity contribution >= 4 is 5.91 Å². The summed E-state index contributed by atoms with van der Waals surface area (Å²) in [6.45, 7) is 2.80. The number of alkyl halides is 2. The number of carbonyl (C=O) groups excluding carboxylic acids is 1. The van der Waals surface area contributed by atoms with Crippen molar-refractivity contribution in [3.63, 3.8) is 0 Å². The molecule has 6 heteroatoms. The van der Waals surface area contributed by atoms with Crippen LogP contribution in [-0.4, -0.2) is 56.6 Å². The number of ether oxygens (including phenoxy) is 1. The molecular formula is C12H22F2N2O2. The van der Waals surface area contributed by atoms with Crippen molar-refractivity contribution in [2.45, 2.75) is 32.2 Å². The topological polar surface area (TPSA) is 41.6 Å². The highest BCUT2D eigenvalue weighted by molar-refractivity contribution is 5.79. The average Bonchev–Trinajstić information content (AvgIpc) is 2.33. The van der Waals surface area contributed by atoms with Crippen LogP contribution in [0.3, 0.4) is 0 Å². The Labute approximate surface area is 107 Å². The zero-order valence-electron chi connectivity index (χ0n) is 11.0. The van der Waals surface area contributed by atoms with Crippen LogP contribution < -0.4 is 5.32 Å². The fourth-order valence-electron chi connectivity index (χ4n) is 2.27. The van der Waals surface area contributed by atoms with E-state index < -0.39 is 13.0 Å². The van der Waals surface area contributed by atoms with Gasteiger partial charge in [0, 0.05) is 25.6 Å². The van der Waals surface area contributed by atoms with Crippen LogP contribution in [0.4, 0.5) is 8.78 Å². The van der Waals surface area contributed by atoms with Crippen LogP contribution in [0.5, 0.6) is 0 Å². The predicted molar refractivity (Wildman–Crippen MR) is 64.6 cm³/mol. The van der Waals surface area contributed by atoms with Gasteiger partial charge >= 0.3 is 0 Å². The monoisotopic (exact) mass is 264 g/mol. The van der Waals surface area contributed by atoms with Crippen LogP contribution in [0, 0.1) is 5.92 Å². The maximum atomic E-state index is 12.5. The molecule has 1 amide bonds. The largest absolute Gasteiger partial charge is 0.383 e. The Morgan fingerprint density at radius 2 is 2.28 bits per heavy atom. The summed E-state index contributed by atoms with van der Waals surface area (Å²) in [7, 11) is 1.50. The highest BCUT2D eigenvalue weighted by atomic mass is 19.3. The average molecular weight is 264 g/mol. The first-order chi connectivity index (χ1) is 8.54. The van der Waals surface area contributed by atoms with Crippen molar-refractivity contribution < 1.29 is 18.3 Å². The number of hydrogen-bond acceptors (Lipinski definition) is 3. The van der Waals surface area contributed by atoms with E-state index in [1.165, 1.54) is 12.0 Å². The van der Waals surface area contributed by atoms with Gasteiger partial charge in [-0.25, -0.2) is 8.78 Å². The van der Waals surface area contributed by atoms with Crippen molar-refractivity contribution in [1.82, 2.24) is 10.2 Å². The molecule has 0 aromatic heterocycles. The predicted octanol–water partition coefficient (Wildman–Crippen LogP) is 1.11. The molecule has 4 nitrogen and oxygen atoms in total. The molecule has 0 spiro atoms. The Morgan fingerprint density at radius 1 is 1.56 bits per heavy atom. The second-order valence-electron chi connectivity index (χ2n) is 4.74. The quantitative estimate of drug-likeness (QED) is 0.781. The molecule has 0 unspecified atom stereocenters. The summed E-state index contributed by atoms with van der Waals surface area (Å²) in [5.74, 6) is -0.308. The first-order valence-electron chi connectivity index (χ1n) is 6.33. The molecule has 0 bridgehead atoms. The van der Waals surface area contributed by atoms with Crippen LogP contribution in [0.1, 0.15) is 19.8 Å². The fraction of sp³-hybridized carbons (Fsp3) is 0.917. The number of nitrogens with zero attached hydrogens (tertiary/aromatic N) is 1. The van der Waals surface area contributed by atoms with Crippen LogP contribution in [0.25, 0.3) is 0 Å². The van der Waals surface area contributed by atoms with Gasteiger partial charge in [-0.05, 0) is 26.3 Å². The molecule has 1 N–H and O–H groups in total. The number of amides is 1. The molecule has 1 rings (SSSR count). The number of methoxy groups -OCH3 is 1. The van der Waals surface area contributed by atoms with Gasteiger partial charge in [-0.2, -0.15) is 0 Å². The van der Waals surface area contributed by atoms with Gasteiger partial charge in [0.2, 0.25) is 5.91 Å². The van der Waals surface area contributed by atoms with Crippen molar-refractivity contribution in [2.75, 3.05) is 33.4 Å². The standard InChI is InChI=1S/C12H22F2N2O2/c1-9-7-10(3-4-15-9)12(17)16(5-6-18-2)8-11(13)14/h9-11,15H,3-8H2,1-2H3/t9-,10-/m0/s1. The van der Waals surface area contributed by atoms with Gasteiger partial charge in [0.15, 0.2) is 0 Å². The minimum absolute atomic E-state index is 0.142. The fourth-order valence-corrected chi connectivity index (χ4v) is 2.27. The van der Waals surface area contributed by atoms with Crippen molar-refractivity contribution in [1.29, 1.82) is 0 Å². The molecule has 1 heterocycles. The highest BCUT2D eigenvalue weighted by Crippen LogP contribution is 2.19. The molecule has 0 aliphatic carbocycles. The molecule has 2 atom stereocenters. The lowest BCUT2D eigenvalue weighted by Crippen LogP contribution is -2.46. The zero-order valence-corrected chi connectivity index (χ0v) is 11.0. The third kappa shape index (κ3) is 4.86. The molecule has 1 aliphatic heterocycles. The SMILES string of the molecule is COCCN(CC(F)F)C(=O)[C@H]1CCN[C@@H](C)C1. The van der Waals surface area contributed by atoms with Crippen LogP contribution >= 0.6 is 0 Å². The number of carbonyl (C=O) groups is 1. The Balaban J connectivity index is 2.56.